The van der Waals surface area contributed by atoms with Crippen LogP contribution in [0.2, 0.25) is 0 Å². The normalized spacial score (nSPS) is 33.9. The van der Waals surface area contributed by atoms with Crippen molar-refractivity contribution in [3.8, 4) is 0 Å². The van der Waals surface area contributed by atoms with E-state index < -0.39 is 34.9 Å². The summed E-state index contributed by atoms with van der Waals surface area (Å²) in [6.45, 7) is 8.87. The number of rotatable bonds is 1. The fourth-order valence-electron chi connectivity index (χ4n) is 3.78. The largest absolute Gasteiger partial charge is 0.444 e. The van der Waals surface area contributed by atoms with E-state index in [-0.39, 0.29) is 17.9 Å². The lowest BCUT2D eigenvalue weighted by atomic mass is 9.96. The molecule has 1 spiro atoms. The van der Waals surface area contributed by atoms with Gasteiger partial charge in [0.05, 0.1) is 12.0 Å². The monoisotopic (exact) mass is 371 g/mol. The first-order valence-electron chi connectivity index (χ1n) is 8.30. The van der Waals surface area contributed by atoms with E-state index >= 15 is 0 Å². The van der Waals surface area contributed by atoms with E-state index in [1.54, 1.807) is 34.6 Å². The molecule has 25 heavy (non-hydrogen) atoms. The Hall–Kier alpha value is -1.48. The van der Waals surface area contributed by atoms with Crippen molar-refractivity contribution in [1.82, 2.24) is 9.80 Å². The summed E-state index contributed by atoms with van der Waals surface area (Å²) in [7, 11) is 0. The summed E-state index contributed by atoms with van der Waals surface area (Å²) in [4.78, 5) is 40.8. The molecule has 3 fully saturated rings. The van der Waals surface area contributed by atoms with Gasteiger partial charge in [-0.1, -0.05) is 0 Å². The molecule has 0 saturated carbocycles. The Morgan fingerprint density at radius 2 is 2.00 bits per heavy atom. The van der Waals surface area contributed by atoms with Gasteiger partial charge in [-0.05, 0) is 34.6 Å². The number of ether oxygens (including phenoxy) is 2. The minimum Gasteiger partial charge on any atom is -0.444 e. The zero-order chi connectivity index (χ0) is 18.8. The van der Waals surface area contributed by atoms with Gasteiger partial charge in [-0.25, -0.2) is 4.79 Å². The molecular formula is C16H25N3O5S. The van der Waals surface area contributed by atoms with Crippen molar-refractivity contribution in [3.63, 3.8) is 0 Å². The number of hydrogen-bond acceptors (Lipinski definition) is 6. The van der Waals surface area contributed by atoms with E-state index in [4.69, 9.17) is 15.2 Å². The van der Waals surface area contributed by atoms with E-state index in [1.165, 1.54) is 21.6 Å². The van der Waals surface area contributed by atoms with Gasteiger partial charge in [-0.15, -0.1) is 11.8 Å². The lowest BCUT2D eigenvalue weighted by molar-refractivity contribution is -0.142. The summed E-state index contributed by atoms with van der Waals surface area (Å²) in [6.07, 6.45) is -0.201. The van der Waals surface area contributed by atoms with Crippen molar-refractivity contribution >= 4 is 29.7 Å². The van der Waals surface area contributed by atoms with Crippen molar-refractivity contribution < 1.29 is 23.9 Å². The number of primary amides is 1. The van der Waals surface area contributed by atoms with E-state index in [2.05, 4.69) is 0 Å². The lowest BCUT2D eigenvalue weighted by Gasteiger charge is -2.39. The highest BCUT2D eigenvalue weighted by Crippen LogP contribution is 2.50. The molecule has 0 aliphatic carbocycles. The summed E-state index contributed by atoms with van der Waals surface area (Å²) in [5.41, 5.74) is 2.62. The molecule has 0 aromatic carbocycles. The Morgan fingerprint density at radius 3 is 2.56 bits per heavy atom. The molecule has 3 heterocycles. The van der Waals surface area contributed by atoms with Gasteiger partial charge in [0.1, 0.15) is 17.4 Å². The fraction of sp³-hybridized carbons (Fsp3) is 0.812. The maximum atomic E-state index is 13.3. The molecule has 9 heteroatoms. The van der Waals surface area contributed by atoms with Gasteiger partial charge in [-0.3, -0.25) is 14.5 Å². The number of hydrogen-bond donors (Lipinski definition) is 1. The molecule has 8 nitrogen and oxygen atoms in total. The Morgan fingerprint density at radius 1 is 1.36 bits per heavy atom. The van der Waals surface area contributed by atoms with Crippen LogP contribution in [-0.4, -0.2) is 68.3 Å². The minimum absolute atomic E-state index is 0.0805. The molecule has 0 radical (unpaired) electrons. The van der Waals surface area contributed by atoms with Gasteiger partial charge in [0, 0.05) is 12.2 Å². The average molecular weight is 371 g/mol. The number of nitrogens with two attached hydrogens (primary N) is 1. The van der Waals surface area contributed by atoms with Crippen LogP contribution >= 0.6 is 11.8 Å². The van der Waals surface area contributed by atoms with Crippen LogP contribution in [0.3, 0.4) is 0 Å². The smallest absolute Gasteiger partial charge is 0.413 e. The third-order valence-corrected chi connectivity index (χ3v) is 6.06. The van der Waals surface area contributed by atoms with Gasteiger partial charge in [0.2, 0.25) is 5.91 Å². The number of nitrogens with zero attached hydrogens (tertiary/aromatic N) is 2. The number of fused-ring (bicyclic) bond motifs is 1. The highest BCUT2D eigenvalue weighted by Gasteiger charge is 2.67. The SMILES string of the molecule is CC(C)(C)OC(=O)N1C(C)(C)OC[C@]12C[C@@H]1SC[C@@H](C(N)=O)N1C2=O. The highest BCUT2D eigenvalue weighted by atomic mass is 32.2. The maximum absolute atomic E-state index is 13.3. The lowest BCUT2D eigenvalue weighted by Crippen LogP contribution is -2.61. The van der Waals surface area contributed by atoms with Gasteiger partial charge in [0.15, 0.2) is 5.54 Å². The number of carbonyl (C=O) groups excluding carboxylic acids is 3. The van der Waals surface area contributed by atoms with E-state index in [9.17, 15) is 14.4 Å². The number of amides is 3. The van der Waals surface area contributed by atoms with Crippen LogP contribution in [0.5, 0.6) is 0 Å². The topological polar surface area (TPSA) is 102 Å². The van der Waals surface area contributed by atoms with E-state index in [1.807, 2.05) is 0 Å². The third-order valence-electron chi connectivity index (χ3n) is 4.77. The van der Waals surface area contributed by atoms with Crippen LogP contribution in [-0.2, 0) is 19.1 Å². The zero-order valence-corrected chi connectivity index (χ0v) is 16.0. The summed E-state index contributed by atoms with van der Waals surface area (Å²) >= 11 is 1.51. The van der Waals surface area contributed by atoms with Crippen LogP contribution in [0.15, 0.2) is 0 Å². The summed E-state index contributed by atoms with van der Waals surface area (Å²) in [5, 5.41) is -0.188. The summed E-state index contributed by atoms with van der Waals surface area (Å²) in [6, 6.07) is -0.647. The predicted octanol–water partition coefficient (Wildman–Crippen LogP) is 0.888. The van der Waals surface area contributed by atoms with Crippen LogP contribution in [0.4, 0.5) is 4.79 Å². The van der Waals surface area contributed by atoms with Crippen LogP contribution in [0, 0.1) is 0 Å². The maximum Gasteiger partial charge on any atom is 0.413 e. The second kappa shape index (κ2) is 5.51. The highest BCUT2D eigenvalue weighted by molar-refractivity contribution is 8.00. The molecule has 3 saturated heterocycles. The molecule has 0 bridgehead atoms. The molecule has 2 N–H and O–H groups in total. The van der Waals surface area contributed by atoms with Gasteiger partial charge >= 0.3 is 6.09 Å². The molecule has 3 aliphatic rings. The Balaban J connectivity index is 1.96. The minimum atomic E-state index is -1.16. The van der Waals surface area contributed by atoms with Crippen molar-refractivity contribution in [3.05, 3.63) is 0 Å². The number of thioether (sulfide) groups is 1. The first-order valence-corrected chi connectivity index (χ1v) is 9.35. The third kappa shape index (κ3) is 2.77. The number of carbonyl (C=O) groups is 3. The molecule has 140 valence electrons. The standard InChI is InChI=1S/C16H25N3O5S/c1-14(2,3)24-13(22)19-15(4,5)23-8-16(19)6-10-18(12(16)21)9(7-25-10)11(17)20/h9-10H,6-8H2,1-5H3,(H2,17,20)/t9-,10-,16-/m0/s1. The van der Waals surface area contributed by atoms with Crippen LogP contribution in [0.1, 0.15) is 41.0 Å². The average Bonchev–Trinajstić information content (AvgIpc) is 3.03. The molecule has 0 unspecified atom stereocenters. The fourth-order valence-corrected chi connectivity index (χ4v) is 5.31. The Kier molecular flexibility index (Phi) is 4.03. The predicted molar refractivity (Wildman–Crippen MR) is 91.5 cm³/mol. The summed E-state index contributed by atoms with van der Waals surface area (Å²) in [5.74, 6) is -0.330. The summed E-state index contributed by atoms with van der Waals surface area (Å²) < 4.78 is 11.3. The molecular weight excluding hydrogens is 346 g/mol. The van der Waals surface area contributed by atoms with Crippen molar-refractivity contribution in [1.29, 1.82) is 0 Å². The second-order valence-corrected chi connectivity index (χ2v) is 9.42. The molecule has 3 atom stereocenters. The first kappa shape index (κ1) is 18.3. The molecule has 3 rings (SSSR count). The zero-order valence-electron chi connectivity index (χ0n) is 15.2. The first-order chi connectivity index (χ1) is 11.4. The van der Waals surface area contributed by atoms with Crippen LogP contribution < -0.4 is 5.73 Å². The quantitative estimate of drug-likeness (QED) is 0.734. The van der Waals surface area contributed by atoms with Gasteiger partial charge in [-0.2, -0.15) is 0 Å². The van der Waals surface area contributed by atoms with Gasteiger partial charge in [0.25, 0.3) is 5.91 Å². The second-order valence-electron chi connectivity index (χ2n) is 8.21. The molecule has 0 aromatic rings. The van der Waals surface area contributed by atoms with Gasteiger partial charge < -0.3 is 20.1 Å². The van der Waals surface area contributed by atoms with Crippen molar-refractivity contribution in [2.24, 2.45) is 5.73 Å². The molecule has 0 aromatic heterocycles. The Bertz CT molecular complexity index is 632. The van der Waals surface area contributed by atoms with Crippen LogP contribution in [0.25, 0.3) is 0 Å². The van der Waals surface area contributed by atoms with E-state index in [0.717, 1.165) is 0 Å². The molecule has 3 aliphatic heterocycles. The van der Waals surface area contributed by atoms with E-state index in [0.29, 0.717) is 12.2 Å². The molecule has 3 amide bonds. The van der Waals surface area contributed by atoms with Crippen molar-refractivity contribution in [2.75, 3.05) is 12.4 Å². The Labute approximate surface area is 151 Å². The van der Waals surface area contributed by atoms with Crippen molar-refractivity contribution in [2.45, 2.75) is 69.3 Å².